The molecule has 55 heavy (non-hydrogen) atoms. The average Bonchev–Trinajstić information content (AvgIpc) is 3.78. The smallest absolute Gasteiger partial charge is 0.123 e. The van der Waals surface area contributed by atoms with Crippen LogP contribution in [0.2, 0.25) is 0 Å². The Morgan fingerprint density at radius 2 is 1.02 bits per heavy atom. The van der Waals surface area contributed by atoms with E-state index < -0.39 is 0 Å². The summed E-state index contributed by atoms with van der Waals surface area (Å²) in [5.74, 6) is 0. The van der Waals surface area contributed by atoms with Crippen molar-refractivity contribution in [1.29, 1.82) is 0 Å². The Labute approximate surface area is 353 Å². The first-order valence-corrected chi connectivity index (χ1v) is 18.8. The van der Waals surface area contributed by atoms with Gasteiger partial charge in [-0.1, -0.05) is 186 Å². The van der Waals surface area contributed by atoms with E-state index in [0.29, 0.717) is 21.7 Å². The Hall–Kier alpha value is -3.04. The Morgan fingerprint density at radius 1 is 0.564 bits per heavy atom. The predicted octanol–water partition coefficient (Wildman–Crippen LogP) is 16.8. The molecule has 0 aliphatic carbocycles. The van der Waals surface area contributed by atoms with Crippen molar-refractivity contribution in [2.75, 3.05) is 6.54 Å². The van der Waals surface area contributed by atoms with Gasteiger partial charge in [0.25, 0.3) is 0 Å². The summed E-state index contributed by atoms with van der Waals surface area (Å²) < 4.78 is 8.10. The number of aliphatic imine (C=N–C) groups is 1. The summed E-state index contributed by atoms with van der Waals surface area (Å²) in [6, 6.07) is 9.34. The molecule has 0 saturated carbocycles. The molecule has 1 aliphatic rings. The predicted molar refractivity (Wildman–Crippen MR) is 258 cm³/mol. The number of hydrogen-bond donors (Lipinski definition) is 0. The third-order valence-electron chi connectivity index (χ3n) is 2.80. The van der Waals surface area contributed by atoms with Gasteiger partial charge in [-0.15, -0.1) is 21.5 Å². The van der Waals surface area contributed by atoms with Gasteiger partial charge in [0, 0.05) is 35.6 Å². The van der Waals surface area contributed by atoms with Crippen LogP contribution in [0.1, 0.15) is 174 Å². The molecule has 1 aliphatic heterocycles. The molecule has 0 spiro atoms. The summed E-state index contributed by atoms with van der Waals surface area (Å²) in [5.41, 5.74) is 3.93. The van der Waals surface area contributed by atoms with Crippen molar-refractivity contribution >= 4 is 29.1 Å². The summed E-state index contributed by atoms with van der Waals surface area (Å²) in [5, 5.41) is 14.1. The van der Waals surface area contributed by atoms with Gasteiger partial charge in [-0.3, -0.25) is 9.98 Å². The molecule has 9 heteroatoms. The monoisotopic (exact) mass is 811 g/mol. The molecule has 5 rings (SSSR count). The van der Waals surface area contributed by atoms with Crippen LogP contribution in [-0.4, -0.2) is 37.5 Å². The maximum atomic E-state index is 4.33. The molecule has 0 saturated heterocycles. The number of hydrogen-bond acceptors (Lipinski definition) is 9. The van der Waals surface area contributed by atoms with Gasteiger partial charge in [-0.2, -0.15) is 0 Å². The highest BCUT2D eigenvalue weighted by Gasteiger charge is 2.16. The first-order valence-electron chi connectivity index (χ1n) is 17.1. The first-order chi connectivity index (χ1) is 22.6. The molecule has 0 bridgehead atoms. The molecule has 326 valence electrons. The van der Waals surface area contributed by atoms with Crippen molar-refractivity contribution in [3.05, 3.63) is 89.4 Å². The van der Waals surface area contributed by atoms with E-state index >= 15 is 0 Å². The highest BCUT2D eigenvalue weighted by atomic mass is 32.1. The van der Waals surface area contributed by atoms with Crippen molar-refractivity contribution < 1.29 is 4.52 Å². The van der Waals surface area contributed by atoms with Crippen molar-refractivity contribution in [1.82, 2.24) is 24.7 Å². The van der Waals surface area contributed by atoms with Crippen molar-refractivity contribution in [2.45, 2.75) is 174 Å². The van der Waals surface area contributed by atoms with Crippen LogP contribution >= 0.6 is 22.9 Å². The lowest BCUT2D eigenvalue weighted by Gasteiger charge is -2.11. The van der Waals surface area contributed by atoms with Gasteiger partial charge >= 0.3 is 0 Å². The largest absolute Gasteiger partial charge is 0.365 e. The Kier molecular flexibility index (Phi) is 56.0. The molecule has 4 aromatic heterocycles. The van der Waals surface area contributed by atoms with Crippen molar-refractivity contribution in [2.24, 2.45) is 26.7 Å². The normalized spacial score (nSPS) is 10.2. The lowest BCUT2D eigenvalue weighted by molar-refractivity contribution is 0.420. The molecule has 0 radical (unpaired) electrons. The van der Waals surface area contributed by atoms with E-state index in [0.717, 1.165) is 11.6 Å². The zero-order valence-electron chi connectivity index (χ0n) is 35.3. The first kappa shape index (κ1) is 73.1. The quantitative estimate of drug-likeness (QED) is 0.176. The minimum Gasteiger partial charge on any atom is -0.365 e. The Morgan fingerprint density at radius 3 is 1.13 bits per heavy atom. The van der Waals surface area contributed by atoms with E-state index in [1.54, 1.807) is 53.9 Å². The van der Waals surface area contributed by atoms with Gasteiger partial charge in [0.15, 0.2) is 0 Å². The standard InChI is InChI=1S/C6H10N2S.C5H5N.4C5H12.C4H5N.C3H3NO.C3H3NS.5CH4/c1-6(2,3)5-8-7-4-9-5;1-2-4-6-5-3-1;4*1-5(2,3)4;3*1-2-4-5-3-1;;;;;/h4H,1-3H3;1-5H;4*1-4H3;1-3H,4H2;2*1-3H;5*1H4. The summed E-state index contributed by atoms with van der Waals surface area (Å²) in [7, 11) is 0. The summed E-state index contributed by atoms with van der Waals surface area (Å²) in [6.45, 7) is 42.3. The molecule has 0 N–H and O–H groups in total. The SMILES string of the molecule is C.C.C.C.C.C1=CCN=C1.CC(C)(C)C.CC(C)(C)C.CC(C)(C)C.CC(C)(C)C.CC(C)(C)c1nncs1.c1ccncc1.c1cnoc1.c1cnsc1. The fourth-order valence-electron chi connectivity index (χ4n) is 1.47. The van der Waals surface area contributed by atoms with Crippen LogP contribution in [0.15, 0.2) is 93.9 Å². The molecule has 5 heterocycles. The lowest BCUT2D eigenvalue weighted by atomic mass is 9.98. The van der Waals surface area contributed by atoms with Crippen molar-refractivity contribution in [3.8, 4) is 0 Å². The molecule has 0 aromatic carbocycles. The fraction of sp³-hybridized carbons (Fsp3) is 0.652. The summed E-state index contributed by atoms with van der Waals surface area (Å²) in [4.78, 5) is 7.63. The molecular formula is C46H94N6OS2. The van der Waals surface area contributed by atoms with Crippen LogP contribution < -0.4 is 0 Å². The number of aromatic nitrogens is 5. The van der Waals surface area contributed by atoms with E-state index in [-0.39, 0.29) is 42.5 Å². The third-order valence-corrected chi connectivity index (χ3v) is 4.44. The highest BCUT2D eigenvalue weighted by Crippen LogP contribution is 2.22. The minimum absolute atomic E-state index is 0. The second kappa shape index (κ2) is 42.1. The molecule has 0 amide bonds. The summed E-state index contributed by atoms with van der Waals surface area (Å²) in [6.07, 6.45) is 14.1. The van der Waals surface area contributed by atoms with Crippen LogP contribution in [0.5, 0.6) is 0 Å². The van der Waals surface area contributed by atoms with Gasteiger partial charge in [0.05, 0.1) is 12.7 Å². The van der Waals surface area contributed by atoms with Crippen LogP contribution in [0.3, 0.4) is 0 Å². The van der Waals surface area contributed by atoms with Crippen LogP contribution in [0, 0.1) is 21.7 Å². The second-order valence-electron chi connectivity index (χ2n) is 18.3. The molecule has 7 nitrogen and oxygen atoms in total. The maximum Gasteiger partial charge on any atom is 0.123 e. The molecule has 0 atom stereocenters. The molecule has 0 fully saturated rings. The number of pyridine rings is 1. The fourth-order valence-corrected chi connectivity index (χ4v) is 2.46. The topological polar surface area (TPSA) is 90.0 Å². The Balaban J connectivity index is -0.0000000616. The van der Waals surface area contributed by atoms with Gasteiger partial charge in [-0.25, -0.2) is 4.37 Å². The molecular weight excluding hydrogens is 717 g/mol. The zero-order chi connectivity index (χ0) is 39.8. The van der Waals surface area contributed by atoms with Gasteiger partial charge < -0.3 is 4.52 Å². The number of allylic oxidation sites excluding steroid dienone is 1. The van der Waals surface area contributed by atoms with Crippen molar-refractivity contribution in [3.63, 3.8) is 0 Å². The highest BCUT2D eigenvalue weighted by molar-refractivity contribution is 7.09. The number of rotatable bonds is 0. The third kappa shape index (κ3) is 127. The zero-order valence-corrected chi connectivity index (χ0v) is 36.9. The van der Waals surface area contributed by atoms with Crippen LogP contribution in [0.25, 0.3) is 0 Å². The van der Waals surface area contributed by atoms with E-state index in [4.69, 9.17) is 0 Å². The van der Waals surface area contributed by atoms with E-state index in [9.17, 15) is 0 Å². The molecule has 4 aromatic rings. The Bertz CT molecular complexity index is 1040. The van der Waals surface area contributed by atoms with Crippen LogP contribution in [-0.2, 0) is 5.41 Å². The van der Waals surface area contributed by atoms with E-state index in [1.165, 1.54) is 17.8 Å². The van der Waals surface area contributed by atoms with E-state index in [2.05, 4.69) is 166 Å². The van der Waals surface area contributed by atoms with Gasteiger partial charge in [0.1, 0.15) is 16.8 Å². The van der Waals surface area contributed by atoms with E-state index in [1.807, 2.05) is 41.8 Å². The molecule has 0 unspecified atom stereocenters. The van der Waals surface area contributed by atoms with Gasteiger partial charge in [0.2, 0.25) is 0 Å². The minimum atomic E-state index is 0. The summed E-state index contributed by atoms with van der Waals surface area (Å²) >= 11 is 3.07. The maximum absolute atomic E-state index is 4.33. The number of nitrogens with zero attached hydrogens (tertiary/aromatic N) is 6. The van der Waals surface area contributed by atoms with Crippen LogP contribution in [0.4, 0.5) is 0 Å². The second-order valence-corrected chi connectivity index (χ2v) is 19.9. The average molecular weight is 811 g/mol. The lowest BCUT2D eigenvalue weighted by Crippen LogP contribution is -2.10. The van der Waals surface area contributed by atoms with Gasteiger partial charge in [-0.05, 0) is 63.5 Å².